The average molecular weight is 432 g/mol. The van der Waals surface area contributed by atoms with Gasteiger partial charge < -0.3 is 25.4 Å². The van der Waals surface area contributed by atoms with Gasteiger partial charge in [-0.2, -0.15) is 0 Å². The van der Waals surface area contributed by atoms with E-state index in [9.17, 15) is 19.6 Å². The number of carbonyl (C=O) groups is 2. The first-order chi connectivity index (χ1) is 14.8. The molecule has 2 amide bonds. The Bertz CT molecular complexity index is 707. The van der Waals surface area contributed by atoms with Gasteiger partial charge in [0.05, 0.1) is 13.1 Å². The van der Waals surface area contributed by atoms with Crippen LogP contribution >= 0.6 is 0 Å². The van der Waals surface area contributed by atoms with E-state index in [-0.39, 0.29) is 11.8 Å². The highest BCUT2D eigenvalue weighted by atomic mass is 16.5. The Morgan fingerprint density at radius 1 is 1.16 bits per heavy atom. The molecular formula is C23H37BN2O5. The Morgan fingerprint density at radius 2 is 1.87 bits per heavy atom. The summed E-state index contributed by atoms with van der Waals surface area (Å²) in [4.78, 5) is 26.1. The third kappa shape index (κ3) is 8.54. The normalized spacial score (nSPS) is 16.5. The smallest absolute Gasteiger partial charge is 0.475 e. The number of benzene rings is 1. The maximum absolute atomic E-state index is 13.1. The highest BCUT2D eigenvalue weighted by molar-refractivity contribution is 6.43. The molecule has 7 nitrogen and oxygen atoms in total. The fourth-order valence-corrected chi connectivity index (χ4v) is 4.23. The van der Waals surface area contributed by atoms with E-state index in [0.717, 1.165) is 31.2 Å². The van der Waals surface area contributed by atoms with Crippen LogP contribution in [0, 0.1) is 17.8 Å². The third-order valence-electron chi connectivity index (χ3n) is 5.94. The monoisotopic (exact) mass is 432 g/mol. The summed E-state index contributed by atoms with van der Waals surface area (Å²) in [5.41, 5.74) is 0.882. The van der Waals surface area contributed by atoms with Crippen molar-refractivity contribution in [3.05, 3.63) is 29.8 Å². The zero-order valence-electron chi connectivity index (χ0n) is 19.0. The topological polar surface area (TPSA) is 108 Å². The van der Waals surface area contributed by atoms with Crippen LogP contribution in [0.5, 0.6) is 5.75 Å². The minimum atomic E-state index is -1.67. The summed E-state index contributed by atoms with van der Waals surface area (Å²) in [6, 6.07) is 7.42. The molecule has 2 rings (SSSR count). The van der Waals surface area contributed by atoms with Crippen molar-refractivity contribution in [3.8, 4) is 5.75 Å². The molecule has 4 N–H and O–H groups in total. The van der Waals surface area contributed by atoms with E-state index >= 15 is 0 Å². The largest absolute Gasteiger partial charge is 0.497 e. The average Bonchev–Trinajstić information content (AvgIpc) is 2.75. The van der Waals surface area contributed by atoms with Crippen molar-refractivity contribution in [2.75, 3.05) is 7.11 Å². The molecule has 0 aromatic heterocycles. The maximum atomic E-state index is 13.1. The minimum Gasteiger partial charge on any atom is -0.497 e. The lowest BCUT2D eigenvalue weighted by molar-refractivity contribution is -0.136. The summed E-state index contributed by atoms with van der Waals surface area (Å²) < 4.78 is 5.22. The molecule has 1 aromatic rings. The van der Waals surface area contributed by atoms with Crippen molar-refractivity contribution >= 4 is 18.9 Å². The van der Waals surface area contributed by atoms with Gasteiger partial charge in [-0.15, -0.1) is 0 Å². The van der Waals surface area contributed by atoms with Gasteiger partial charge >= 0.3 is 7.12 Å². The number of ether oxygens (including phenoxy) is 1. The van der Waals surface area contributed by atoms with Crippen LogP contribution in [0.3, 0.4) is 0 Å². The van der Waals surface area contributed by atoms with E-state index in [1.54, 1.807) is 7.11 Å². The van der Waals surface area contributed by atoms with E-state index in [1.165, 1.54) is 6.42 Å². The van der Waals surface area contributed by atoms with Gasteiger partial charge in [0.15, 0.2) is 0 Å². The summed E-state index contributed by atoms with van der Waals surface area (Å²) in [6.07, 6.45) is 6.38. The van der Waals surface area contributed by atoms with Gasteiger partial charge in [-0.3, -0.25) is 9.59 Å². The number of rotatable bonds is 11. The van der Waals surface area contributed by atoms with Gasteiger partial charge in [0.1, 0.15) is 11.7 Å². The zero-order chi connectivity index (χ0) is 22.8. The van der Waals surface area contributed by atoms with Crippen LogP contribution in [0.4, 0.5) is 0 Å². The first-order valence-electron chi connectivity index (χ1n) is 11.4. The molecule has 0 spiro atoms. The van der Waals surface area contributed by atoms with E-state index in [1.807, 2.05) is 38.1 Å². The van der Waals surface area contributed by atoms with Crippen molar-refractivity contribution in [1.82, 2.24) is 10.6 Å². The van der Waals surface area contributed by atoms with E-state index in [4.69, 9.17) is 4.74 Å². The number of hydrogen-bond donors (Lipinski definition) is 4. The number of carbonyl (C=O) groups excluding carboxylic acids is 2. The molecule has 0 aliphatic heterocycles. The molecule has 1 aromatic carbocycles. The Hall–Kier alpha value is -2.06. The number of nitrogens with one attached hydrogen (secondary N) is 2. The van der Waals surface area contributed by atoms with Gasteiger partial charge in [-0.25, -0.2) is 0 Å². The highest BCUT2D eigenvalue weighted by Gasteiger charge is 2.34. The number of hydrogen-bond acceptors (Lipinski definition) is 5. The van der Waals surface area contributed by atoms with Crippen molar-refractivity contribution in [1.29, 1.82) is 0 Å². The summed E-state index contributed by atoms with van der Waals surface area (Å²) >= 11 is 0. The zero-order valence-corrected chi connectivity index (χ0v) is 19.0. The quantitative estimate of drug-likeness (QED) is 0.317. The van der Waals surface area contributed by atoms with E-state index in [0.29, 0.717) is 31.1 Å². The van der Waals surface area contributed by atoms with Crippen molar-refractivity contribution in [2.45, 2.75) is 71.3 Å². The molecule has 2 atom stereocenters. The van der Waals surface area contributed by atoms with Crippen LogP contribution in [0.15, 0.2) is 24.3 Å². The number of methoxy groups -OCH3 is 1. The molecule has 0 heterocycles. The summed E-state index contributed by atoms with van der Waals surface area (Å²) in [5, 5.41) is 25.0. The molecule has 0 saturated heterocycles. The Balaban J connectivity index is 2.08. The fourth-order valence-electron chi connectivity index (χ4n) is 4.23. The summed E-state index contributed by atoms with van der Waals surface area (Å²) in [7, 11) is -0.0766. The molecule has 1 aliphatic carbocycles. The Morgan fingerprint density at radius 3 is 2.48 bits per heavy atom. The first-order valence-corrected chi connectivity index (χ1v) is 11.4. The molecule has 31 heavy (non-hydrogen) atoms. The van der Waals surface area contributed by atoms with Crippen LogP contribution in [-0.4, -0.2) is 42.0 Å². The van der Waals surface area contributed by atoms with Gasteiger partial charge in [-0.05, 0) is 42.4 Å². The Kier molecular flexibility index (Phi) is 10.3. The predicted molar refractivity (Wildman–Crippen MR) is 121 cm³/mol. The molecule has 8 heteroatoms. The van der Waals surface area contributed by atoms with Crippen molar-refractivity contribution in [3.63, 3.8) is 0 Å². The van der Waals surface area contributed by atoms with Gasteiger partial charge in [-0.1, -0.05) is 58.1 Å². The summed E-state index contributed by atoms with van der Waals surface area (Å²) in [5.74, 6) is -1.22. The van der Waals surface area contributed by atoms with Gasteiger partial charge in [0, 0.05) is 6.54 Å². The molecule has 0 radical (unpaired) electrons. The first kappa shape index (κ1) is 25.2. The van der Waals surface area contributed by atoms with Gasteiger partial charge in [0.2, 0.25) is 11.8 Å². The van der Waals surface area contributed by atoms with Crippen LogP contribution in [0.2, 0.25) is 0 Å². The lowest BCUT2D eigenvalue weighted by Gasteiger charge is -2.27. The van der Waals surface area contributed by atoms with E-state index < -0.39 is 24.9 Å². The second-order valence-corrected chi connectivity index (χ2v) is 9.02. The Labute approximate surface area is 186 Å². The number of amides is 2. The van der Waals surface area contributed by atoms with Crippen LogP contribution in [0.1, 0.15) is 64.4 Å². The lowest BCUT2D eigenvalue weighted by Crippen LogP contribution is -2.51. The molecule has 1 aliphatic rings. The second kappa shape index (κ2) is 12.7. The van der Waals surface area contributed by atoms with Crippen molar-refractivity contribution < 1.29 is 24.4 Å². The molecule has 2 unspecified atom stereocenters. The maximum Gasteiger partial charge on any atom is 0.475 e. The predicted octanol–water partition coefficient (Wildman–Crippen LogP) is 2.44. The second-order valence-electron chi connectivity index (χ2n) is 9.02. The lowest BCUT2D eigenvalue weighted by atomic mass is 9.74. The fraction of sp³-hybridized carbons (Fsp3) is 0.652. The molecule has 172 valence electrons. The van der Waals surface area contributed by atoms with Crippen LogP contribution in [0.25, 0.3) is 0 Å². The van der Waals surface area contributed by atoms with Gasteiger partial charge in [0.25, 0.3) is 0 Å². The van der Waals surface area contributed by atoms with Crippen molar-refractivity contribution in [2.24, 2.45) is 17.8 Å². The highest BCUT2D eigenvalue weighted by Crippen LogP contribution is 2.29. The molecular weight excluding hydrogens is 395 g/mol. The SMILES string of the molecule is COc1cccc(CNC(=O)C(CC2CCCCC2)C(=O)NC(CC(C)C)B(O)O)c1. The molecule has 1 saturated carbocycles. The molecule has 0 bridgehead atoms. The minimum absolute atomic E-state index is 0.172. The standard InChI is InChI=1S/C23H37BN2O5/c1-16(2)12-21(24(29)30)26-23(28)20(14-17-8-5-4-6-9-17)22(27)25-15-18-10-7-11-19(13-18)31-3/h7,10-11,13,16-17,20-21,29-30H,4-6,8-9,12,14-15H2,1-3H3,(H,25,27)(H,26,28). The summed E-state index contributed by atoms with van der Waals surface area (Å²) in [6.45, 7) is 4.19. The van der Waals surface area contributed by atoms with Crippen LogP contribution in [-0.2, 0) is 16.1 Å². The van der Waals surface area contributed by atoms with E-state index in [2.05, 4.69) is 10.6 Å². The molecule has 1 fully saturated rings. The van der Waals surface area contributed by atoms with Crippen LogP contribution < -0.4 is 15.4 Å². The third-order valence-corrected chi connectivity index (χ3v) is 5.94.